The molecule has 80 valence electrons. The maximum atomic E-state index is 5.39. The molecule has 0 aliphatic heterocycles. The van der Waals surface area contributed by atoms with Crippen molar-refractivity contribution in [3.05, 3.63) is 0 Å². The molecule has 0 aliphatic rings. The Hall–Kier alpha value is 0.270. The number of hydrogen-bond donors (Lipinski definition) is 1. The summed E-state index contributed by atoms with van der Waals surface area (Å²) in [6.45, 7) is 9.51. The molecule has 0 saturated heterocycles. The lowest BCUT2D eigenvalue weighted by atomic mass is 10.3. The summed E-state index contributed by atoms with van der Waals surface area (Å²) in [6.07, 6.45) is 2.46. The summed E-state index contributed by atoms with van der Waals surface area (Å²) < 4.78 is 5.39. The van der Waals surface area contributed by atoms with Gasteiger partial charge in [-0.15, -0.1) is 0 Å². The summed E-state index contributed by atoms with van der Waals surface area (Å²) in [7, 11) is 0. The average molecular weight is 205 g/mol. The molecule has 0 saturated carbocycles. The maximum absolute atomic E-state index is 5.39. The van der Waals surface area contributed by atoms with E-state index in [4.69, 9.17) is 4.74 Å². The van der Waals surface area contributed by atoms with Crippen LogP contribution in [0.15, 0.2) is 0 Å². The monoisotopic (exact) mass is 205 g/mol. The third-order valence-corrected chi connectivity index (χ3v) is 2.05. The van der Waals surface area contributed by atoms with E-state index in [1.165, 1.54) is 25.9 Å². The van der Waals surface area contributed by atoms with Gasteiger partial charge < -0.3 is 9.64 Å². The first kappa shape index (κ1) is 13.3. The normalized spacial score (nSPS) is 11.1. The number of ether oxygens (including phenoxy) is 1. The standard InChI is InChI=1S/C10H23NOS/c1-3-5-11(6-4-2)7-8-12-9-10-13/h13H,3-10H2,1-2H3. The molecule has 3 heteroatoms. The molecular formula is C10H23NOS. The minimum absolute atomic E-state index is 0.773. The predicted octanol–water partition coefficient (Wildman–Crippen LogP) is 2.05. The lowest BCUT2D eigenvalue weighted by molar-refractivity contribution is 0.115. The maximum Gasteiger partial charge on any atom is 0.0593 e. The predicted molar refractivity (Wildman–Crippen MR) is 61.7 cm³/mol. The van der Waals surface area contributed by atoms with E-state index in [1.807, 2.05) is 0 Å². The third kappa shape index (κ3) is 8.60. The highest BCUT2D eigenvalue weighted by molar-refractivity contribution is 7.80. The van der Waals surface area contributed by atoms with Gasteiger partial charge in [-0.1, -0.05) is 13.8 Å². The molecular weight excluding hydrogens is 182 g/mol. The number of nitrogens with zero attached hydrogens (tertiary/aromatic N) is 1. The molecule has 0 fully saturated rings. The topological polar surface area (TPSA) is 12.5 Å². The van der Waals surface area contributed by atoms with Crippen molar-refractivity contribution in [2.75, 3.05) is 38.6 Å². The van der Waals surface area contributed by atoms with Crippen LogP contribution >= 0.6 is 12.6 Å². The van der Waals surface area contributed by atoms with Crippen LogP contribution in [0.25, 0.3) is 0 Å². The Morgan fingerprint density at radius 1 is 1.00 bits per heavy atom. The van der Waals surface area contributed by atoms with Gasteiger partial charge in [0.05, 0.1) is 13.2 Å². The Kier molecular flexibility index (Phi) is 10.6. The van der Waals surface area contributed by atoms with Gasteiger partial charge in [0, 0.05) is 12.3 Å². The number of thiol groups is 1. The largest absolute Gasteiger partial charge is 0.379 e. The third-order valence-electron chi connectivity index (χ3n) is 1.87. The van der Waals surface area contributed by atoms with Crippen molar-refractivity contribution < 1.29 is 4.74 Å². The second-order valence-electron chi connectivity index (χ2n) is 3.18. The van der Waals surface area contributed by atoms with Crippen LogP contribution in [0, 0.1) is 0 Å². The van der Waals surface area contributed by atoms with Gasteiger partial charge >= 0.3 is 0 Å². The Labute approximate surface area is 88.1 Å². The first-order valence-corrected chi connectivity index (χ1v) is 5.89. The Balaban J connectivity index is 3.33. The molecule has 0 aromatic carbocycles. The first-order valence-electron chi connectivity index (χ1n) is 5.26. The van der Waals surface area contributed by atoms with Gasteiger partial charge in [-0.25, -0.2) is 0 Å². The minimum atomic E-state index is 0.773. The van der Waals surface area contributed by atoms with E-state index in [0.29, 0.717) is 0 Å². The van der Waals surface area contributed by atoms with Crippen molar-refractivity contribution in [1.82, 2.24) is 4.90 Å². The van der Waals surface area contributed by atoms with Gasteiger partial charge in [-0.2, -0.15) is 12.6 Å². The van der Waals surface area contributed by atoms with E-state index in [2.05, 4.69) is 31.4 Å². The molecule has 0 amide bonds. The van der Waals surface area contributed by atoms with Gasteiger partial charge in [-0.05, 0) is 25.9 Å². The zero-order valence-corrected chi connectivity index (χ0v) is 9.85. The highest BCUT2D eigenvalue weighted by atomic mass is 32.1. The summed E-state index contributed by atoms with van der Waals surface area (Å²) in [4.78, 5) is 2.46. The molecule has 0 atom stereocenters. The van der Waals surface area contributed by atoms with Crippen molar-refractivity contribution in [3.63, 3.8) is 0 Å². The molecule has 0 radical (unpaired) electrons. The van der Waals surface area contributed by atoms with Gasteiger partial charge in [-0.3, -0.25) is 0 Å². The summed E-state index contributed by atoms with van der Waals surface area (Å²) in [6, 6.07) is 0. The van der Waals surface area contributed by atoms with Crippen LogP contribution in [-0.4, -0.2) is 43.5 Å². The summed E-state index contributed by atoms with van der Waals surface area (Å²) in [5, 5.41) is 0. The minimum Gasteiger partial charge on any atom is -0.379 e. The van der Waals surface area contributed by atoms with Gasteiger partial charge in [0.15, 0.2) is 0 Å². The molecule has 0 heterocycles. The van der Waals surface area contributed by atoms with Crippen LogP contribution in [0.4, 0.5) is 0 Å². The fraction of sp³-hybridized carbons (Fsp3) is 1.00. The van der Waals surface area contributed by atoms with E-state index >= 15 is 0 Å². The summed E-state index contributed by atoms with van der Waals surface area (Å²) in [5.74, 6) is 0.821. The smallest absolute Gasteiger partial charge is 0.0593 e. The van der Waals surface area contributed by atoms with E-state index in [-0.39, 0.29) is 0 Å². The van der Waals surface area contributed by atoms with Gasteiger partial charge in [0.25, 0.3) is 0 Å². The molecule has 0 aliphatic carbocycles. The molecule has 0 N–H and O–H groups in total. The van der Waals surface area contributed by atoms with Crippen molar-refractivity contribution >= 4 is 12.6 Å². The quantitative estimate of drug-likeness (QED) is 0.457. The fourth-order valence-electron chi connectivity index (χ4n) is 1.33. The molecule has 0 aromatic rings. The van der Waals surface area contributed by atoms with E-state index in [1.54, 1.807) is 0 Å². The average Bonchev–Trinajstić information content (AvgIpc) is 2.13. The van der Waals surface area contributed by atoms with Crippen LogP contribution < -0.4 is 0 Å². The Bertz CT molecular complexity index is 94.9. The second-order valence-corrected chi connectivity index (χ2v) is 3.62. The van der Waals surface area contributed by atoms with Crippen LogP contribution in [-0.2, 0) is 4.74 Å². The molecule has 0 rings (SSSR count). The lowest BCUT2D eigenvalue weighted by Gasteiger charge is -2.20. The summed E-state index contributed by atoms with van der Waals surface area (Å²) >= 11 is 4.09. The highest BCUT2D eigenvalue weighted by Crippen LogP contribution is 1.93. The molecule has 0 unspecified atom stereocenters. The van der Waals surface area contributed by atoms with E-state index < -0.39 is 0 Å². The van der Waals surface area contributed by atoms with Crippen LogP contribution in [0.3, 0.4) is 0 Å². The van der Waals surface area contributed by atoms with Gasteiger partial charge in [0.1, 0.15) is 0 Å². The number of rotatable bonds is 9. The zero-order valence-electron chi connectivity index (χ0n) is 8.96. The zero-order chi connectivity index (χ0) is 9.94. The lowest BCUT2D eigenvalue weighted by Crippen LogP contribution is -2.29. The molecule has 0 bridgehead atoms. The van der Waals surface area contributed by atoms with Crippen molar-refractivity contribution in [3.8, 4) is 0 Å². The van der Waals surface area contributed by atoms with Crippen LogP contribution in [0.5, 0.6) is 0 Å². The highest BCUT2D eigenvalue weighted by Gasteiger charge is 2.00. The first-order chi connectivity index (χ1) is 6.35. The SMILES string of the molecule is CCCN(CCC)CCOCCS. The Morgan fingerprint density at radius 2 is 1.62 bits per heavy atom. The second kappa shape index (κ2) is 10.4. The van der Waals surface area contributed by atoms with E-state index in [0.717, 1.165) is 25.5 Å². The molecule has 2 nitrogen and oxygen atoms in total. The van der Waals surface area contributed by atoms with Crippen LogP contribution in [0.2, 0.25) is 0 Å². The van der Waals surface area contributed by atoms with Crippen LogP contribution in [0.1, 0.15) is 26.7 Å². The van der Waals surface area contributed by atoms with Crippen molar-refractivity contribution in [1.29, 1.82) is 0 Å². The summed E-state index contributed by atoms with van der Waals surface area (Å²) in [5.41, 5.74) is 0. The molecule has 13 heavy (non-hydrogen) atoms. The number of hydrogen-bond acceptors (Lipinski definition) is 3. The molecule has 0 spiro atoms. The van der Waals surface area contributed by atoms with E-state index in [9.17, 15) is 0 Å². The van der Waals surface area contributed by atoms with Crippen molar-refractivity contribution in [2.24, 2.45) is 0 Å². The fourth-order valence-corrected chi connectivity index (χ4v) is 1.46. The van der Waals surface area contributed by atoms with Crippen molar-refractivity contribution in [2.45, 2.75) is 26.7 Å². The van der Waals surface area contributed by atoms with Gasteiger partial charge in [0.2, 0.25) is 0 Å². The molecule has 0 aromatic heterocycles. The Morgan fingerprint density at radius 3 is 2.08 bits per heavy atom.